The van der Waals surface area contributed by atoms with Gasteiger partial charge in [-0.3, -0.25) is 4.79 Å². The number of carbonyl (C=O) groups is 1. The average Bonchev–Trinajstić information content (AvgIpc) is 3.09. The van der Waals surface area contributed by atoms with Gasteiger partial charge in [-0.15, -0.1) is 0 Å². The first-order valence-corrected chi connectivity index (χ1v) is 11.0. The Morgan fingerprint density at radius 1 is 1.20 bits per heavy atom. The van der Waals surface area contributed by atoms with Gasteiger partial charge in [-0.25, -0.2) is 13.1 Å². The minimum atomic E-state index is -3.89. The fourth-order valence-corrected chi connectivity index (χ4v) is 5.64. The van der Waals surface area contributed by atoms with Gasteiger partial charge in [0.15, 0.2) is 0 Å². The number of anilines is 1. The minimum Gasteiger partial charge on any atom is -0.435 e. The van der Waals surface area contributed by atoms with Gasteiger partial charge in [0.05, 0.1) is 22.5 Å². The van der Waals surface area contributed by atoms with Crippen molar-refractivity contribution in [1.82, 2.24) is 14.1 Å². The predicted molar refractivity (Wildman–Crippen MR) is 104 cm³/mol. The number of halogens is 2. The summed E-state index contributed by atoms with van der Waals surface area (Å²) in [5.41, 5.74) is 0.219. The lowest BCUT2D eigenvalue weighted by atomic mass is 9.83. The molecule has 0 unspecified atom stereocenters. The molecule has 2 aliphatic heterocycles. The number of piperidine rings is 1. The van der Waals surface area contributed by atoms with Crippen LogP contribution in [0.15, 0.2) is 35.2 Å². The van der Waals surface area contributed by atoms with Crippen LogP contribution in [0.25, 0.3) is 0 Å². The van der Waals surface area contributed by atoms with Crippen LogP contribution in [-0.2, 0) is 20.4 Å². The lowest BCUT2D eigenvalue weighted by Crippen LogP contribution is -2.54. The Morgan fingerprint density at radius 3 is 2.57 bits per heavy atom. The lowest BCUT2D eigenvalue weighted by Gasteiger charge is -2.45. The molecule has 11 heteroatoms. The number of rotatable bonds is 4. The quantitative estimate of drug-likeness (QED) is 0.729. The highest BCUT2D eigenvalue weighted by molar-refractivity contribution is 7.89. The van der Waals surface area contributed by atoms with Gasteiger partial charge in [0.1, 0.15) is 11.6 Å². The number of sulfonamides is 1. The number of ether oxygens (including phenoxy) is 1. The van der Waals surface area contributed by atoms with Gasteiger partial charge in [0.2, 0.25) is 15.9 Å². The SMILES string of the molecule is Cc1cc2n(n1)C1(CCN(S(=O)(=O)c3cccc(OC(F)F)c3)CC1)CC(=O)N2C. The summed E-state index contributed by atoms with van der Waals surface area (Å²) in [6.07, 6.45) is 1.10. The Hall–Kier alpha value is -2.53. The third-order valence-electron chi connectivity index (χ3n) is 5.78. The van der Waals surface area contributed by atoms with Gasteiger partial charge in [-0.1, -0.05) is 6.07 Å². The summed E-state index contributed by atoms with van der Waals surface area (Å²) < 4.78 is 58.5. The fourth-order valence-electron chi connectivity index (χ4n) is 4.17. The second-order valence-electron chi connectivity index (χ2n) is 7.67. The summed E-state index contributed by atoms with van der Waals surface area (Å²) in [5.74, 6) is 0.463. The van der Waals surface area contributed by atoms with Crippen molar-refractivity contribution >= 4 is 21.7 Å². The first-order chi connectivity index (χ1) is 14.1. The molecule has 4 rings (SSSR count). The van der Waals surface area contributed by atoms with Crippen molar-refractivity contribution in [2.45, 2.75) is 43.2 Å². The molecule has 1 aromatic heterocycles. The number of hydrogen-bond donors (Lipinski definition) is 0. The predicted octanol–water partition coefficient (Wildman–Crippen LogP) is 2.34. The summed E-state index contributed by atoms with van der Waals surface area (Å²) in [7, 11) is -2.18. The van der Waals surface area contributed by atoms with Crippen LogP contribution in [0.3, 0.4) is 0 Å². The first kappa shape index (κ1) is 20.7. The summed E-state index contributed by atoms with van der Waals surface area (Å²) in [6.45, 7) is -0.799. The standard InChI is InChI=1S/C19H22F2N4O4S/c1-13-10-16-23(2)17(26)12-19(25(16)22-13)6-8-24(9-7-19)30(27,28)15-5-3-4-14(11-15)29-18(20)21/h3-5,10-11,18H,6-9,12H2,1-2H3. The maximum atomic E-state index is 13.0. The number of alkyl halides is 2. The molecule has 0 N–H and O–H groups in total. The van der Waals surface area contributed by atoms with Crippen LogP contribution in [0, 0.1) is 6.92 Å². The van der Waals surface area contributed by atoms with Gasteiger partial charge in [0.25, 0.3) is 0 Å². The Kier molecular flexibility index (Phi) is 5.05. The van der Waals surface area contributed by atoms with Gasteiger partial charge < -0.3 is 9.64 Å². The van der Waals surface area contributed by atoms with E-state index in [1.807, 2.05) is 17.7 Å². The number of nitrogens with zero attached hydrogens (tertiary/aromatic N) is 4. The molecule has 1 fully saturated rings. The van der Waals surface area contributed by atoms with Crippen molar-refractivity contribution in [3.05, 3.63) is 36.0 Å². The molecule has 2 aliphatic rings. The van der Waals surface area contributed by atoms with Crippen molar-refractivity contribution in [2.75, 3.05) is 25.0 Å². The average molecular weight is 440 g/mol. The molecule has 0 aliphatic carbocycles. The van der Waals surface area contributed by atoms with Gasteiger partial charge in [-0.05, 0) is 31.9 Å². The Balaban J connectivity index is 1.58. The van der Waals surface area contributed by atoms with E-state index in [0.29, 0.717) is 18.7 Å². The van der Waals surface area contributed by atoms with E-state index in [1.54, 1.807) is 11.9 Å². The van der Waals surface area contributed by atoms with Gasteiger partial charge in [0, 0.05) is 32.3 Å². The molecular formula is C19H22F2N4O4S. The monoisotopic (exact) mass is 440 g/mol. The van der Waals surface area contributed by atoms with Crippen molar-refractivity contribution in [2.24, 2.45) is 0 Å². The van der Waals surface area contributed by atoms with Crippen LogP contribution in [0.4, 0.5) is 14.6 Å². The number of carbonyl (C=O) groups excluding carboxylic acids is 1. The van der Waals surface area contributed by atoms with Gasteiger partial charge in [-0.2, -0.15) is 18.2 Å². The van der Waals surface area contributed by atoms with E-state index in [2.05, 4.69) is 9.84 Å². The molecule has 0 atom stereocenters. The summed E-state index contributed by atoms with van der Waals surface area (Å²) in [5, 5.41) is 4.56. The van der Waals surface area contributed by atoms with Crippen molar-refractivity contribution in [3.63, 3.8) is 0 Å². The molecule has 1 spiro atoms. The second kappa shape index (κ2) is 7.31. The molecule has 1 aromatic carbocycles. The topological polar surface area (TPSA) is 84.7 Å². The molecule has 1 amide bonds. The van der Waals surface area contributed by atoms with E-state index >= 15 is 0 Å². The molecule has 8 nitrogen and oxygen atoms in total. The van der Waals surface area contributed by atoms with E-state index in [4.69, 9.17) is 0 Å². The van der Waals surface area contributed by atoms with Crippen LogP contribution in [0.2, 0.25) is 0 Å². The summed E-state index contributed by atoms with van der Waals surface area (Å²) in [4.78, 5) is 14.0. The van der Waals surface area contributed by atoms with Crippen LogP contribution in [0.1, 0.15) is 25.0 Å². The lowest BCUT2D eigenvalue weighted by molar-refractivity contribution is -0.122. The number of aromatic nitrogens is 2. The zero-order valence-electron chi connectivity index (χ0n) is 16.6. The molecule has 2 aromatic rings. The van der Waals surface area contributed by atoms with Crippen molar-refractivity contribution in [1.29, 1.82) is 0 Å². The number of fused-ring (bicyclic) bond motifs is 2. The van der Waals surface area contributed by atoms with E-state index in [-0.39, 0.29) is 36.1 Å². The third kappa shape index (κ3) is 3.45. The first-order valence-electron chi connectivity index (χ1n) is 9.51. The highest BCUT2D eigenvalue weighted by Gasteiger charge is 2.46. The Labute approximate surface area is 173 Å². The molecule has 30 heavy (non-hydrogen) atoms. The molecule has 0 radical (unpaired) electrons. The van der Waals surface area contributed by atoms with Crippen LogP contribution in [0.5, 0.6) is 5.75 Å². The van der Waals surface area contributed by atoms with E-state index in [9.17, 15) is 22.0 Å². The largest absolute Gasteiger partial charge is 0.435 e. The number of amides is 1. The zero-order chi connectivity index (χ0) is 21.7. The normalized spacial score (nSPS) is 19.4. The van der Waals surface area contributed by atoms with E-state index < -0.39 is 22.2 Å². The van der Waals surface area contributed by atoms with Crippen molar-refractivity contribution < 1.29 is 26.7 Å². The highest BCUT2D eigenvalue weighted by atomic mass is 32.2. The smallest absolute Gasteiger partial charge is 0.387 e. The molecule has 0 saturated carbocycles. The maximum absolute atomic E-state index is 13.0. The van der Waals surface area contributed by atoms with Crippen LogP contribution < -0.4 is 9.64 Å². The molecule has 3 heterocycles. The van der Waals surface area contributed by atoms with Crippen molar-refractivity contribution in [3.8, 4) is 5.75 Å². The van der Waals surface area contributed by atoms with E-state index in [1.165, 1.54) is 22.5 Å². The molecular weight excluding hydrogens is 418 g/mol. The van der Waals surface area contributed by atoms with E-state index in [0.717, 1.165) is 11.8 Å². The highest BCUT2D eigenvalue weighted by Crippen LogP contribution is 2.41. The molecule has 0 bridgehead atoms. The third-order valence-corrected chi connectivity index (χ3v) is 7.68. The zero-order valence-corrected chi connectivity index (χ0v) is 17.4. The maximum Gasteiger partial charge on any atom is 0.387 e. The Bertz CT molecular complexity index is 1080. The number of benzene rings is 1. The molecule has 1 saturated heterocycles. The van der Waals surface area contributed by atoms with Gasteiger partial charge >= 0.3 is 6.61 Å². The molecule has 162 valence electrons. The summed E-state index contributed by atoms with van der Waals surface area (Å²) in [6, 6.07) is 6.94. The number of hydrogen-bond acceptors (Lipinski definition) is 5. The van der Waals surface area contributed by atoms with Crippen LogP contribution in [-0.4, -0.2) is 55.2 Å². The van der Waals surface area contributed by atoms with Crippen LogP contribution >= 0.6 is 0 Å². The Morgan fingerprint density at radius 2 is 1.90 bits per heavy atom. The minimum absolute atomic E-state index is 0.0319. The number of aryl methyl sites for hydroxylation is 1. The second-order valence-corrected chi connectivity index (χ2v) is 9.60. The summed E-state index contributed by atoms with van der Waals surface area (Å²) >= 11 is 0. The fraction of sp³-hybridized carbons (Fsp3) is 0.474.